The zero-order chi connectivity index (χ0) is 32.7. The van der Waals surface area contributed by atoms with Crippen molar-refractivity contribution in [3.05, 3.63) is 69.4 Å². The Labute approximate surface area is 272 Å². The molecule has 1 aromatic heterocycles. The number of ether oxygens (including phenoxy) is 1. The van der Waals surface area contributed by atoms with Gasteiger partial charge in [-0.1, -0.05) is 86.6 Å². The molecule has 0 bridgehead atoms. The molecular weight excluding hydrogens is 585 g/mol. The van der Waals surface area contributed by atoms with Gasteiger partial charge in [-0.15, -0.1) is 11.3 Å². The smallest absolute Gasteiger partial charge is 0.168 e. The van der Waals surface area contributed by atoms with Crippen LogP contribution in [0.25, 0.3) is 5.57 Å². The summed E-state index contributed by atoms with van der Waals surface area (Å²) in [5, 5.41) is 13.2. The predicted octanol–water partition coefficient (Wildman–Crippen LogP) is 9.34. The molecule has 242 valence electrons. The Hall–Kier alpha value is -1.49. The van der Waals surface area contributed by atoms with Gasteiger partial charge in [-0.3, -0.25) is 0 Å². The quantitative estimate of drug-likeness (QED) is 0.155. The van der Waals surface area contributed by atoms with Crippen molar-refractivity contribution in [2.75, 3.05) is 0 Å². The fraction of sp³-hybridized carbons (Fsp3) is 0.611. The number of benzene rings is 1. The summed E-state index contributed by atoms with van der Waals surface area (Å²) in [5.41, 5.74) is 3.18. The number of aliphatic hydroxyl groups is 1. The lowest BCUT2D eigenvalue weighted by Crippen LogP contribution is -2.34. The molecule has 2 rings (SSSR count). The van der Waals surface area contributed by atoms with Crippen molar-refractivity contribution in [2.45, 2.75) is 143 Å². The summed E-state index contributed by atoms with van der Waals surface area (Å²) >= 11 is 1.72. The summed E-state index contributed by atoms with van der Waals surface area (Å²) in [6, 6.07) is 8.67. The third-order valence-electron chi connectivity index (χ3n) is 7.74. The molecule has 1 aromatic carbocycles. The monoisotopic (exact) mass is 644 g/mol. The SMILES string of the molecule is CCC(=CC=CC(O)(CC)CC)c1csc(COc2ccc(C(C)(C)O[SiH2]C(C)(C)C)c(C(C)(C)O[SiH2]C(C)(C)C)c2)c1. The molecule has 0 aliphatic rings. The number of rotatable bonds is 15. The van der Waals surface area contributed by atoms with Crippen molar-refractivity contribution in [1.29, 1.82) is 0 Å². The molecule has 0 spiro atoms. The zero-order valence-corrected chi connectivity index (χ0v) is 33.1. The standard InChI is InChI=1S/C36H60O4SSi2/c1-14-26(18-17-21-36(37,15-2)16-3)27-22-29(41-25-27)24-38-28-19-20-30(34(10,11)39-42-32(4,5)6)31(23-28)35(12,13)40-43-33(7,8)9/h17-23,25,37H,14-16,24,42-43H2,1-13H3. The Morgan fingerprint density at radius 3 is 1.88 bits per heavy atom. The van der Waals surface area contributed by atoms with Crippen LogP contribution in [-0.4, -0.2) is 30.2 Å². The van der Waals surface area contributed by atoms with Crippen molar-refractivity contribution in [3.8, 4) is 5.75 Å². The van der Waals surface area contributed by atoms with Crippen LogP contribution in [0.4, 0.5) is 0 Å². The van der Waals surface area contributed by atoms with Crippen molar-refractivity contribution in [3.63, 3.8) is 0 Å². The minimum atomic E-state index is -0.778. The third-order valence-corrected chi connectivity index (χ3v) is 12.1. The lowest BCUT2D eigenvalue weighted by Gasteiger charge is -2.37. The topological polar surface area (TPSA) is 47.9 Å². The second-order valence-corrected chi connectivity index (χ2v) is 21.6. The fourth-order valence-corrected chi connectivity index (χ4v) is 7.33. The first-order chi connectivity index (χ1) is 19.7. The molecule has 0 aliphatic carbocycles. The van der Waals surface area contributed by atoms with E-state index >= 15 is 0 Å². The van der Waals surface area contributed by atoms with Crippen LogP contribution < -0.4 is 4.74 Å². The van der Waals surface area contributed by atoms with Gasteiger partial charge in [0.25, 0.3) is 0 Å². The average Bonchev–Trinajstić information content (AvgIpc) is 3.40. The Kier molecular flexibility index (Phi) is 13.3. The van der Waals surface area contributed by atoms with Gasteiger partial charge in [0, 0.05) is 4.88 Å². The minimum absolute atomic E-state index is 0.197. The van der Waals surface area contributed by atoms with Crippen LogP contribution in [0.5, 0.6) is 5.75 Å². The number of hydrogen-bond acceptors (Lipinski definition) is 5. The largest absolute Gasteiger partial charge is 0.488 e. The maximum absolute atomic E-state index is 10.6. The number of hydrogen-bond donors (Lipinski definition) is 1. The predicted molar refractivity (Wildman–Crippen MR) is 193 cm³/mol. The van der Waals surface area contributed by atoms with E-state index in [4.69, 9.17) is 13.6 Å². The van der Waals surface area contributed by atoms with Crippen LogP contribution in [0.15, 0.2) is 47.9 Å². The second kappa shape index (κ2) is 15.2. The summed E-state index contributed by atoms with van der Waals surface area (Å²) in [5.74, 6) is 0.847. The van der Waals surface area contributed by atoms with Crippen molar-refractivity contribution >= 4 is 36.4 Å². The Balaban J connectivity index is 2.32. The molecule has 0 unspecified atom stereocenters. The number of thiophene rings is 1. The van der Waals surface area contributed by atoms with Gasteiger partial charge in [0.15, 0.2) is 19.5 Å². The van der Waals surface area contributed by atoms with Crippen LogP contribution in [-0.2, 0) is 26.7 Å². The van der Waals surface area contributed by atoms with Crippen LogP contribution >= 0.6 is 11.3 Å². The van der Waals surface area contributed by atoms with Crippen molar-refractivity contribution in [2.24, 2.45) is 0 Å². The van der Waals surface area contributed by atoms with E-state index in [0.717, 1.165) is 17.7 Å². The number of allylic oxidation sites excluding steroid dienone is 3. The highest BCUT2D eigenvalue weighted by Crippen LogP contribution is 2.40. The van der Waals surface area contributed by atoms with Gasteiger partial charge < -0.3 is 18.7 Å². The van der Waals surface area contributed by atoms with Crippen molar-refractivity contribution in [1.82, 2.24) is 0 Å². The molecule has 43 heavy (non-hydrogen) atoms. The summed E-state index contributed by atoms with van der Waals surface area (Å²) in [4.78, 5) is 1.18. The summed E-state index contributed by atoms with van der Waals surface area (Å²) in [7, 11) is -1.53. The summed E-state index contributed by atoms with van der Waals surface area (Å²) in [6.07, 6.45) is 8.40. The van der Waals surface area contributed by atoms with Gasteiger partial charge in [-0.25, -0.2) is 0 Å². The van der Waals surface area contributed by atoms with Gasteiger partial charge in [0.05, 0.1) is 16.8 Å². The van der Waals surface area contributed by atoms with Crippen LogP contribution in [0.1, 0.15) is 131 Å². The van der Waals surface area contributed by atoms with E-state index in [9.17, 15) is 5.11 Å². The first kappa shape index (κ1) is 37.7. The molecule has 4 nitrogen and oxygen atoms in total. The highest BCUT2D eigenvalue weighted by molar-refractivity contribution is 7.10. The van der Waals surface area contributed by atoms with Gasteiger partial charge in [-0.05, 0) is 103 Å². The maximum Gasteiger partial charge on any atom is 0.168 e. The molecule has 0 amide bonds. The van der Waals surface area contributed by atoms with Gasteiger partial charge in [0.2, 0.25) is 0 Å². The Bertz CT molecular complexity index is 1220. The van der Waals surface area contributed by atoms with Crippen molar-refractivity contribution < 1.29 is 18.7 Å². The zero-order valence-electron chi connectivity index (χ0n) is 29.4. The summed E-state index contributed by atoms with van der Waals surface area (Å²) < 4.78 is 19.8. The molecular formula is C36H60O4SSi2. The van der Waals surface area contributed by atoms with E-state index in [2.05, 4.69) is 112 Å². The molecule has 7 heteroatoms. The first-order valence-electron chi connectivity index (χ1n) is 16.0. The third kappa shape index (κ3) is 12.1. The molecule has 0 aliphatic heterocycles. The van der Waals surface area contributed by atoms with E-state index in [1.54, 1.807) is 11.3 Å². The summed E-state index contributed by atoms with van der Waals surface area (Å²) in [6.45, 7) is 29.0. The van der Waals surface area contributed by atoms with E-state index in [0.29, 0.717) is 19.4 Å². The normalized spacial score (nSPS) is 14.7. The van der Waals surface area contributed by atoms with Crippen LogP contribution in [0.2, 0.25) is 10.1 Å². The second-order valence-electron chi connectivity index (χ2n) is 15.2. The van der Waals surface area contributed by atoms with Crippen LogP contribution in [0.3, 0.4) is 0 Å². The lowest BCUT2D eigenvalue weighted by molar-refractivity contribution is 0.0826. The van der Waals surface area contributed by atoms with Gasteiger partial charge in [0.1, 0.15) is 12.4 Å². The average molecular weight is 645 g/mol. The molecule has 1 N–H and O–H groups in total. The molecule has 0 radical (unpaired) electrons. The van der Waals surface area contributed by atoms with Gasteiger partial charge >= 0.3 is 0 Å². The molecule has 2 aromatic rings. The van der Waals surface area contributed by atoms with E-state index in [-0.39, 0.29) is 10.1 Å². The first-order valence-corrected chi connectivity index (χ1v) is 19.4. The molecule has 0 saturated carbocycles. The minimum Gasteiger partial charge on any atom is -0.488 e. The highest BCUT2D eigenvalue weighted by Gasteiger charge is 2.34. The maximum atomic E-state index is 10.6. The Morgan fingerprint density at radius 1 is 0.814 bits per heavy atom. The molecule has 0 saturated heterocycles. The fourth-order valence-electron chi connectivity index (χ4n) is 4.61. The molecule has 0 atom stereocenters. The molecule has 0 fully saturated rings. The molecule has 1 heterocycles. The van der Waals surface area contributed by atoms with E-state index in [1.165, 1.54) is 21.6 Å². The van der Waals surface area contributed by atoms with Gasteiger partial charge in [-0.2, -0.15) is 0 Å². The highest BCUT2D eigenvalue weighted by atomic mass is 32.1. The Morgan fingerprint density at radius 2 is 1.37 bits per heavy atom. The van der Waals surface area contributed by atoms with E-state index < -0.39 is 36.3 Å². The van der Waals surface area contributed by atoms with E-state index in [1.807, 2.05) is 26.0 Å². The van der Waals surface area contributed by atoms with Crippen LogP contribution in [0, 0.1) is 0 Å². The lowest BCUT2D eigenvalue weighted by atomic mass is 9.85.